The van der Waals surface area contributed by atoms with Gasteiger partial charge in [-0.25, -0.2) is 4.79 Å². The van der Waals surface area contributed by atoms with Gasteiger partial charge in [-0.05, 0) is 118 Å². The number of esters is 1. The van der Waals surface area contributed by atoms with Crippen LogP contribution in [0, 0.1) is 34.5 Å². The molecule has 0 spiro atoms. The zero-order chi connectivity index (χ0) is 29.0. The minimum absolute atomic E-state index is 0.0264. The van der Waals surface area contributed by atoms with E-state index in [9.17, 15) is 9.59 Å². The number of fused-ring (bicyclic) bond motifs is 5. The Morgan fingerprint density at radius 1 is 0.976 bits per heavy atom. The molecule has 0 aromatic carbocycles. The first kappa shape index (κ1) is 28.5. The van der Waals surface area contributed by atoms with Crippen LogP contribution in [0.15, 0.2) is 42.3 Å². The van der Waals surface area contributed by atoms with Gasteiger partial charge in [-0.1, -0.05) is 37.6 Å². The Kier molecular flexibility index (Phi) is 7.35. The molecule has 6 nitrogen and oxygen atoms in total. The molecule has 6 rings (SSSR count). The predicted molar refractivity (Wildman–Crippen MR) is 160 cm³/mol. The van der Waals surface area contributed by atoms with Crippen LogP contribution in [0.25, 0.3) is 5.57 Å². The molecule has 0 unspecified atom stereocenters. The van der Waals surface area contributed by atoms with Gasteiger partial charge < -0.3 is 14.4 Å². The summed E-state index contributed by atoms with van der Waals surface area (Å²) in [5, 5.41) is 0. The molecule has 2 saturated carbocycles. The van der Waals surface area contributed by atoms with Crippen LogP contribution in [-0.2, 0) is 14.3 Å². The molecule has 6 heteroatoms. The maximum Gasteiger partial charge on any atom is 0.410 e. The van der Waals surface area contributed by atoms with E-state index in [1.807, 2.05) is 33.2 Å². The smallest absolute Gasteiger partial charge is 0.410 e. The molecule has 1 aromatic rings. The Hall–Kier alpha value is -2.63. The Balaban J connectivity index is 1.06. The third kappa shape index (κ3) is 5.25. The van der Waals surface area contributed by atoms with E-state index in [4.69, 9.17) is 9.47 Å². The van der Waals surface area contributed by atoms with Crippen LogP contribution >= 0.6 is 0 Å². The molecule has 0 N–H and O–H groups in total. The summed E-state index contributed by atoms with van der Waals surface area (Å²) in [6.45, 7) is 11.7. The van der Waals surface area contributed by atoms with Crippen molar-refractivity contribution in [3.63, 3.8) is 0 Å². The third-order valence-electron chi connectivity index (χ3n) is 11.4. The van der Waals surface area contributed by atoms with Gasteiger partial charge in [-0.2, -0.15) is 0 Å². The number of amides is 1. The summed E-state index contributed by atoms with van der Waals surface area (Å²) in [5.74, 6) is 1.89. The van der Waals surface area contributed by atoms with E-state index in [2.05, 4.69) is 43.1 Å². The molecule has 5 aliphatic rings. The summed E-state index contributed by atoms with van der Waals surface area (Å²) >= 11 is 0. The molecule has 222 valence electrons. The number of carbonyl (C=O) groups excluding carboxylic acids is 2. The highest BCUT2D eigenvalue weighted by molar-refractivity contribution is 5.74. The first-order valence-corrected chi connectivity index (χ1v) is 16.0. The highest BCUT2D eigenvalue weighted by atomic mass is 16.6. The van der Waals surface area contributed by atoms with Crippen LogP contribution in [0.3, 0.4) is 0 Å². The summed E-state index contributed by atoms with van der Waals surface area (Å²) in [6, 6.07) is 4.29. The van der Waals surface area contributed by atoms with Gasteiger partial charge in [0.1, 0.15) is 11.7 Å². The number of pyridine rings is 1. The SMILES string of the molecule is CC(C)(C)OC(=O)N1CCC(C(=O)O[C@H]2CC[C@@]3(C)C(=CC[C@@H]4[C@@H]3CC[C@]3(C)C(c5cccnc5)=CC[C@@H]43)C2)CC1. The van der Waals surface area contributed by atoms with Gasteiger partial charge in [0, 0.05) is 31.9 Å². The van der Waals surface area contributed by atoms with E-state index < -0.39 is 5.60 Å². The molecule has 0 bridgehead atoms. The quantitative estimate of drug-likeness (QED) is 0.281. The van der Waals surface area contributed by atoms with Gasteiger partial charge in [-0.3, -0.25) is 9.78 Å². The van der Waals surface area contributed by atoms with Crippen molar-refractivity contribution >= 4 is 17.6 Å². The lowest BCUT2D eigenvalue weighted by Gasteiger charge is -2.58. The van der Waals surface area contributed by atoms with Gasteiger partial charge in [-0.15, -0.1) is 0 Å². The number of hydrogen-bond donors (Lipinski definition) is 0. The number of likely N-dealkylation sites (tertiary alicyclic amines) is 1. The number of rotatable bonds is 3. The number of ether oxygens (including phenoxy) is 2. The summed E-state index contributed by atoms with van der Waals surface area (Å²) < 4.78 is 11.7. The lowest BCUT2D eigenvalue weighted by atomic mass is 9.47. The van der Waals surface area contributed by atoms with Gasteiger partial charge in [0.25, 0.3) is 0 Å². The molecule has 4 aliphatic carbocycles. The molecule has 6 atom stereocenters. The Morgan fingerprint density at radius 2 is 1.73 bits per heavy atom. The number of piperidine rings is 1. The average Bonchev–Trinajstić information content (AvgIpc) is 3.30. The normalized spacial score (nSPS) is 35.4. The number of nitrogens with zero attached hydrogens (tertiary/aromatic N) is 2. The summed E-state index contributed by atoms with van der Waals surface area (Å²) in [7, 11) is 0. The minimum Gasteiger partial charge on any atom is -0.462 e. The second kappa shape index (κ2) is 10.6. The second-order valence-corrected chi connectivity index (χ2v) is 14.9. The highest BCUT2D eigenvalue weighted by Gasteiger charge is 2.57. The molecule has 41 heavy (non-hydrogen) atoms. The standard InChI is InChI=1S/C35H48N2O4/c1-33(2,3)41-32(39)37-19-14-23(15-20-37)31(38)40-26-12-16-34(4)25(21-26)8-9-27-29-11-10-28(24-7-6-18-36-22-24)35(29,5)17-13-30(27)34/h6-8,10,18,22-23,26-27,29-30H,9,11-17,19-21H2,1-5H3/t26-,27-,29-,30-,34-,35+/m0/s1. The first-order valence-electron chi connectivity index (χ1n) is 16.0. The first-order chi connectivity index (χ1) is 19.5. The Morgan fingerprint density at radius 3 is 2.44 bits per heavy atom. The Bertz CT molecular complexity index is 1220. The zero-order valence-corrected chi connectivity index (χ0v) is 25.7. The monoisotopic (exact) mass is 560 g/mol. The number of allylic oxidation sites excluding steroid dienone is 3. The van der Waals surface area contributed by atoms with Crippen molar-refractivity contribution in [2.75, 3.05) is 13.1 Å². The van der Waals surface area contributed by atoms with E-state index >= 15 is 0 Å². The lowest BCUT2D eigenvalue weighted by molar-refractivity contribution is -0.158. The molecule has 1 saturated heterocycles. The average molecular weight is 561 g/mol. The fraction of sp³-hybridized carbons (Fsp3) is 0.686. The van der Waals surface area contributed by atoms with E-state index in [0.29, 0.717) is 43.7 Å². The van der Waals surface area contributed by atoms with Gasteiger partial charge in [0.2, 0.25) is 0 Å². The molecular weight excluding hydrogens is 512 g/mol. The van der Waals surface area contributed by atoms with E-state index in [-0.39, 0.29) is 34.9 Å². The minimum atomic E-state index is -0.510. The van der Waals surface area contributed by atoms with Crippen molar-refractivity contribution in [2.24, 2.45) is 34.5 Å². The maximum atomic E-state index is 13.2. The van der Waals surface area contributed by atoms with Gasteiger partial charge in [0.05, 0.1) is 5.92 Å². The Labute approximate surface area is 246 Å². The van der Waals surface area contributed by atoms with Crippen LogP contribution in [0.1, 0.15) is 98.0 Å². The largest absolute Gasteiger partial charge is 0.462 e. The van der Waals surface area contributed by atoms with Crippen LogP contribution in [0.2, 0.25) is 0 Å². The topological polar surface area (TPSA) is 68.7 Å². The summed E-state index contributed by atoms with van der Waals surface area (Å²) in [5.41, 5.74) is 4.28. The third-order valence-corrected chi connectivity index (χ3v) is 11.4. The van der Waals surface area contributed by atoms with Crippen molar-refractivity contribution in [3.8, 4) is 0 Å². The molecule has 3 fully saturated rings. The van der Waals surface area contributed by atoms with Crippen molar-refractivity contribution in [1.29, 1.82) is 0 Å². The van der Waals surface area contributed by atoms with Crippen LogP contribution in [-0.4, -0.2) is 46.7 Å². The summed E-state index contributed by atoms with van der Waals surface area (Å²) in [6.07, 6.45) is 17.7. The van der Waals surface area contributed by atoms with Crippen molar-refractivity contribution < 1.29 is 19.1 Å². The van der Waals surface area contributed by atoms with Crippen molar-refractivity contribution in [2.45, 2.75) is 104 Å². The molecular formula is C35H48N2O4. The van der Waals surface area contributed by atoms with Crippen LogP contribution < -0.4 is 0 Å². The second-order valence-electron chi connectivity index (χ2n) is 14.9. The van der Waals surface area contributed by atoms with Crippen LogP contribution in [0.4, 0.5) is 4.79 Å². The highest BCUT2D eigenvalue weighted by Crippen LogP contribution is 2.66. The predicted octanol–water partition coefficient (Wildman–Crippen LogP) is 7.60. The number of carbonyl (C=O) groups is 2. The molecule has 1 aliphatic heterocycles. The number of hydrogen-bond acceptors (Lipinski definition) is 5. The van der Waals surface area contributed by atoms with Gasteiger partial charge in [0.15, 0.2) is 0 Å². The maximum absolute atomic E-state index is 13.2. The van der Waals surface area contributed by atoms with Crippen molar-refractivity contribution in [1.82, 2.24) is 9.88 Å². The molecule has 2 heterocycles. The van der Waals surface area contributed by atoms with E-state index in [1.54, 1.807) is 4.90 Å². The van der Waals surface area contributed by atoms with Crippen molar-refractivity contribution in [3.05, 3.63) is 47.8 Å². The van der Waals surface area contributed by atoms with E-state index in [0.717, 1.165) is 25.7 Å². The van der Waals surface area contributed by atoms with Gasteiger partial charge >= 0.3 is 12.1 Å². The molecule has 0 radical (unpaired) electrons. The lowest BCUT2D eigenvalue weighted by Crippen LogP contribution is -2.50. The van der Waals surface area contributed by atoms with E-state index in [1.165, 1.54) is 36.0 Å². The summed E-state index contributed by atoms with van der Waals surface area (Å²) in [4.78, 5) is 31.7. The fourth-order valence-corrected chi connectivity index (χ4v) is 9.15. The molecule has 1 amide bonds. The zero-order valence-electron chi connectivity index (χ0n) is 25.7. The van der Waals surface area contributed by atoms with Crippen LogP contribution in [0.5, 0.6) is 0 Å². The molecule has 1 aromatic heterocycles. The number of aromatic nitrogens is 1. The fourth-order valence-electron chi connectivity index (χ4n) is 9.15.